The summed E-state index contributed by atoms with van der Waals surface area (Å²) < 4.78 is 11.2. The largest absolute Gasteiger partial charge is 0.378 e. The third kappa shape index (κ3) is 6.39. The quantitative estimate of drug-likeness (QED) is 0.725. The fraction of sp³-hybridized carbons (Fsp3) is 0.929. The Kier molecular flexibility index (Phi) is 9.18. The number of halogens is 1. The van der Waals surface area contributed by atoms with Gasteiger partial charge in [-0.05, 0) is 19.3 Å². The number of ether oxygens (including phenoxy) is 2. The van der Waals surface area contributed by atoms with Crippen LogP contribution in [0.25, 0.3) is 0 Å². The number of rotatable bonds is 6. The second kappa shape index (κ2) is 10.4. The summed E-state index contributed by atoms with van der Waals surface area (Å²) in [5.74, 6) is -0.00938. The smallest absolute Gasteiger partial charge is 0.250 e. The molecule has 118 valence electrons. The summed E-state index contributed by atoms with van der Waals surface area (Å²) >= 11 is 0. The van der Waals surface area contributed by atoms with Gasteiger partial charge in [0.15, 0.2) is 0 Å². The number of amides is 1. The molecule has 1 saturated carbocycles. The number of hydrogen-bond acceptors (Lipinski definition) is 4. The predicted octanol–water partition coefficient (Wildman–Crippen LogP) is 1.25. The summed E-state index contributed by atoms with van der Waals surface area (Å²) in [6.07, 6.45) is 7.36. The van der Waals surface area contributed by atoms with Crippen molar-refractivity contribution in [2.24, 2.45) is 0 Å². The first-order valence-electron chi connectivity index (χ1n) is 7.58. The van der Waals surface area contributed by atoms with E-state index in [0.717, 1.165) is 19.6 Å². The molecule has 0 bridgehead atoms. The molecule has 0 aromatic carbocycles. The summed E-state index contributed by atoms with van der Waals surface area (Å²) in [4.78, 5) is 11.7. The second-order valence-corrected chi connectivity index (χ2v) is 5.34. The Morgan fingerprint density at radius 3 is 2.80 bits per heavy atom. The lowest BCUT2D eigenvalue weighted by Gasteiger charge is -2.23. The van der Waals surface area contributed by atoms with Crippen molar-refractivity contribution in [3.8, 4) is 0 Å². The van der Waals surface area contributed by atoms with Crippen molar-refractivity contribution in [1.29, 1.82) is 0 Å². The van der Waals surface area contributed by atoms with Gasteiger partial charge >= 0.3 is 0 Å². The molecule has 1 unspecified atom stereocenters. The summed E-state index contributed by atoms with van der Waals surface area (Å²) in [5.41, 5.74) is 0. The molecule has 2 rings (SSSR count). The minimum absolute atomic E-state index is 0. The molecule has 0 aromatic rings. The topological polar surface area (TPSA) is 59.6 Å². The van der Waals surface area contributed by atoms with Gasteiger partial charge in [-0.1, -0.05) is 19.3 Å². The van der Waals surface area contributed by atoms with Gasteiger partial charge in [-0.15, -0.1) is 12.4 Å². The third-order valence-corrected chi connectivity index (χ3v) is 3.75. The Labute approximate surface area is 127 Å². The van der Waals surface area contributed by atoms with Crippen LogP contribution in [0.4, 0.5) is 0 Å². The lowest BCUT2D eigenvalue weighted by Crippen LogP contribution is -2.48. The van der Waals surface area contributed by atoms with Crippen molar-refractivity contribution >= 4 is 18.3 Å². The van der Waals surface area contributed by atoms with Gasteiger partial charge in [0, 0.05) is 26.2 Å². The van der Waals surface area contributed by atoms with Crippen LogP contribution in [0.3, 0.4) is 0 Å². The SMILES string of the molecule is Cl.O=C(NCCCOC1CCCCC1)C1CNCCO1. The van der Waals surface area contributed by atoms with Gasteiger partial charge in [0.25, 0.3) is 0 Å². The zero-order chi connectivity index (χ0) is 13.3. The molecule has 1 atom stereocenters. The normalized spacial score (nSPS) is 23.9. The molecule has 0 spiro atoms. The second-order valence-electron chi connectivity index (χ2n) is 5.34. The van der Waals surface area contributed by atoms with Gasteiger partial charge in [0.2, 0.25) is 5.91 Å². The first-order valence-corrected chi connectivity index (χ1v) is 7.58. The van der Waals surface area contributed by atoms with E-state index in [2.05, 4.69) is 10.6 Å². The first kappa shape index (κ1) is 17.7. The maximum atomic E-state index is 11.7. The van der Waals surface area contributed by atoms with Gasteiger partial charge in [-0.25, -0.2) is 0 Å². The zero-order valence-electron chi connectivity index (χ0n) is 12.1. The van der Waals surface area contributed by atoms with Crippen molar-refractivity contribution in [2.75, 3.05) is 32.8 Å². The van der Waals surface area contributed by atoms with E-state index in [4.69, 9.17) is 9.47 Å². The minimum Gasteiger partial charge on any atom is -0.378 e. The fourth-order valence-corrected chi connectivity index (χ4v) is 2.61. The lowest BCUT2D eigenvalue weighted by molar-refractivity contribution is -0.134. The van der Waals surface area contributed by atoms with E-state index in [-0.39, 0.29) is 24.4 Å². The molecule has 2 N–H and O–H groups in total. The van der Waals surface area contributed by atoms with Crippen LogP contribution < -0.4 is 10.6 Å². The molecule has 5 nitrogen and oxygen atoms in total. The Balaban J connectivity index is 0.00000200. The third-order valence-electron chi connectivity index (χ3n) is 3.75. The molecular formula is C14H27ClN2O3. The number of carbonyl (C=O) groups is 1. The van der Waals surface area contributed by atoms with Crippen molar-refractivity contribution in [3.05, 3.63) is 0 Å². The van der Waals surface area contributed by atoms with Crippen LogP contribution >= 0.6 is 12.4 Å². The molecule has 0 radical (unpaired) electrons. The van der Waals surface area contributed by atoms with Gasteiger partial charge in [-0.2, -0.15) is 0 Å². The van der Waals surface area contributed by atoms with E-state index in [0.29, 0.717) is 25.8 Å². The summed E-state index contributed by atoms with van der Waals surface area (Å²) in [5, 5.41) is 6.06. The molecular weight excluding hydrogens is 280 g/mol. The predicted molar refractivity (Wildman–Crippen MR) is 80.3 cm³/mol. The van der Waals surface area contributed by atoms with E-state index in [9.17, 15) is 4.79 Å². The number of morpholine rings is 1. The van der Waals surface area contributed by atoms with Gasteiger partial charge < -0.3 is 20.1 Å². The molecule has 0 aromatic heterocycles. The van der Waals surface area contributed by atoms with Crippen molar-refractivity contribution in [1.82, 2.24) is 10.6 Å². The van der Waals surface area contributed by atoms with Crippen LogP contribution in [0.2, 0.25) is 0 Å². The maximum absolute atomic E-state index is 11.7. The van der Waals surface area contributed by atoms with Crippen molar-refractivity contribution < 1.29 is 14.3 Å². The van der Waals surface area contributed by atoms with E-state index >= 15 is 0 Å². The Morgan fingerprint density at radius 2 is 2.10 bits per heavy atom. The van der Waals surface area contributed by atoms with E-state index in [1.165, 1.54) is 32.1 Å². The average molecular weight is 307 g/mol. The van der Waals surface area contributed by atoms with Gasteiger partial charge in [-0.3, -0.25) is 4.79 Å². The minimum atomic E-state index is -0.326. The Morgan fingerprint density at radius 1 is 1.30 bits per heavy atom. The Bertz CT molecular complexity index is 267. The molecule has 6 heteroatoms. The molecule has 1 amide bonds. The van der Waals surface area contributed by atoms with E-state index in [1.807, 2.05) is 0 Å². The lowest BCUT2D eigenvalue weighted by atomic mass is 9.98. The first-order chi connectivity index (χ1) is 9.36. The van der Waals surface area contributed by atoms with Gasteiger partial charge in [0.05, 0.1) is 12.7 Å². The summed E-state index contributed by atoms with van der Waals surface area (Å²) in [6, 6.07) is 0. The highest BCUT2D eigenvalue weighted by Gasteiger charge is 2.21. The standard InChI is InChI=1S/C14H26N2O3.ClH/c17-14(13-11-15-8-10-19-13)16-7-4-9-18-12-5-2-1-3-6-12;/h12-13,15H,1-11H2,(H,16,17);1H. The number of nitrogens with one attached hydrogen (secondary N) is 2. The monoisotopic (exact) mass is 306 g/mol. The number of carbonyl (C=O) groups excluding carboxylic acids is 1. The van der Waals surface area contributed by atoms with Crippen LogP contribution in [-0.4, -0.2) is 51.0 Å². The highest BCUT2D eigenvalue weighted by atomic mass is 35.5. The van der Waals surface area contributed by atoms with E-state index < -0.39 is 0 Å². The molecule has 1 aliphatic carbocycles. The molecule has 2 fully saturated rings. The van der Waals surface area contributed by atoms with Crippen LogP contribution in [0, 0.1) is 0 Å². The zero-order valence-corrected chi connectivity index (χ0v) is 12.9. The summed E-state index contributed by atoms with van der Waals surface area (Å²) in [6.45, 7) is 3.48. The average Bonchev–Trinajstić information content (AvgIpc) is 2.49. The highest BCUT2D eigenvalue weighted by Crippen LogP contribution is 2.20. The van der Waals surface area contributed by atoms with Crippen LogP contribution in [0.5, 0.6) is 0 Å². The van der Waals surface area contributed by atoms with Crippen LogP contribution in [0.1, 0.15) is 38.5 Å². The Hall–Kier alpha value is -0.360. The molecule has 20 heavy (non-hydrogen) atoms. The summed E-state index contributed by atoms with van der Waals surface area (Å²) in [7, 11) is 0. The fourth-order valence-electron chi connectivity index (χ4n) is 2.61. The van der Waals surface area contributed by atoms with Crippen LogP contribution in [0.15, 0.2) is 0 Å². The molecule has 1 aliphatic heterocycles. The molecule has 1 saturated heterocycles. The van der Waals surface area contributed by atoms with Crippen molar-refractivity contribution in [2.45, 2.75) is 50.7 Å². The van der Waals surface area contributed by atoms with Crippen molar-refractivity contribution in [3.63, 3.8) is 0 Å². The van der Waals surface area contributed by atoms with E-state index in [1.54, 1.807) is 0 Å². The molecule has 2 aliphatic rings. The molecule has 1 heterocycles. The van der Waals surface area contributed by atoms with Crippen LogP contribution in [-0.2, 0) is 14.3 Å². The highest BCUT2D eigenvalue weighted by molar-refractivity contribution is 5.85. The van der Waals surface area contributed by atoms with Gasteiger partial charge in [0.1, 0.15) is 6.10 Å². The number of hydrogen-bond donors (Lipinski definition) is 2. The maximum Gasteiger partial charge on any atom is 0.250 e.